The Balaban J connectivity index is 2.04. The van der Waals surface area contributed by atoms with E-state index in [9.17, 15) is 13.2 Å². The molecule has 0 atom stereocenters. The quantitative estimate of drug-likeness (QED) is 0.881. The summed E-state index contributed by atoms with van der Waals surface area (Å²) < 4.78 is 32.9. The fraction of sp³-hybridized carbons (Fsp3) is 0.182. The molecule has 0 radical (unpaired) electrons. The van der Waals surface area contributed by atoms with Crippen LogP contribution in [0, 0.1) is 0 Å². The van der Waals surface area contributed by atoms with Gasteiger partial charge in [0, 0.05) is 7.05 Å². The molecule has 1 heterocycles. The lowest BCUT2D eigenvalue weighted by Crippen LogP contribution is -2.35. The molecule has 7 nitrogen and oxygen atoms in total. The maximum absolute atomic E-state index is 12.2. The van der Waals surface area contributed by atoms with E-state index < -0.39 is 15.9 Å². The Bertz CT molecular complexity index is 671. The number of amides is 1. The van der Waals surface area contributed by atoms with Crippen molar-refractivity contribution < 1.29 is 13.2 Å². The van der Waals surface area contributed by atoms with Crippen molar-refractivity contribution >= 4 is 33.5 Å². The molecule has 0 aliphatic carbocycles. The summed E-state index contributed by atoms with van der Waals surface area (Å²) in [6, 6.07) is 7.94. The van der Waals surface area contributed by atoms with Gasteiger partial charge in [-0.2, -0.15) is 13.1 Å². The molecule has 9 heteroatoms. The number of aromatic nitrogens is 2. The van der Waals surface area contributed by atoms with Crippen molar-refractivity contribution in [3.8, 4) is 0 Å². The van der Waals surface area contributed by atoms with Gasteiger partial charge in [0.25, 0.3) is 0 Å². The average molecular weight is 312 g/mol. The third-order valence-electron chi connectivity index (χ3n) is 2.45. The number of anilines is 1. The first kappa shape index (κ1) is 14.6. The molecular weight excluding hydrogens is 300 g/mol. The molecule has 0 aliphatic heterocycles. The Morgan fingerprint density at radius 1 is 1.35 bits per heavy atom. The van der Waals surface area contributed by atoms with Gasteiger partial charge >= 0.3 is 0 Å². The molecule has 1 aromatic carbocycles. The van der Waals surface area contributed by atoms with Crippen molar-refractivity contribution in [2.24, 2.45) is 0 Å². The van der Waals surface area contributed by atoms with Gasteiger partial charge in [0.1, 0.15) is 0 Å². The van der Waals surface area contributed by atoms with Crippen LogP contribution in [0.25, 0.3) is 0 Å². The zero-order valence-corrected chi connectivity index (χ0v) is 12.2. The number of nitrogens with zero attached hydrogens (tertiary/aromatic N) is 3. The van der Waals surface area contributed by atoms with Crippen molar-refractivity contribution in [2.75, 3.05) is 18.9 Å². The van der Waals surface area contributed by atoms with Gasteiger partial charge in [0.2, 0.25) is 15.9 Å². The summed E-state index contributed by atoms with van der Waals surface area (Å²) in [4.78, 5) is 11.9. The van der Waals surface area contributed by atoms with E-state index in [1.807, 2.05) is 0 Å². The predicted molar refractivity (Wildman–Crippen MR) is 74.8 cm³/mol. The second-order valence-corrected chi connectivity index (χ2v) is 6.52. The highest BCUT2D eigenvalue weighted by Gasteiger charge is 2.22. The molecule has 106 valence electrons. The summed E-state index contributed by atoms with van der Waals surface area (Å²) >= 11 is 0.956. The summed E-state index contributed by atoms with van der Waals surface area (Å²) in [5.41, 5.74) is 0. The van der Waals surface area contributed by atoms with Crippen LogP contribution in [0.1, 0.15) is 0 Å². The molecule has 0 saturated carbocycles. The first-order valence-corrected chi connectivity index (χ1v) is 7.76. The lowest BCUT2D eigenvalue weighted by molar-refractivity contribution is -0.116. The van der Waals surface area contributed by atoms with E-state index in [1.165, 1.54) is 25.4 Å². The summed E-state index contributed by atoms with van der Waals surface area (Å²) in [6.45, 7) is -0.297. The Hall–Kier alpha value is -1.84. The van der Waals surface area contributed by atoms with Gasteiger partial charge in [-0.3, -0.25) is 4.79 Å². The normalized spacial score (nSPS) is 11.5. The number of nitrogens with one attached hydrogen (secondary N) is 1. The van der Waals surface area contributed by atoms with E-state index in [2.05, 4.69) is 14.1 Å². The Morgan fingerprint density at radius 2 is 2.05 bits per heavy atom. The second kappa shape index (κ2) is 6.07. The Labute approximate surface area is 120 Å². The number of carbonyl (C=O) groups excluding carboxylic acids is 1. The number of carbonyl (C=O) groups is 1. The molecule has 0 aliphatic rings. The first-order valence-electron chi connectivity index (χ1n) is 5.59. The fourth-order valence-electron chi connectivity index (χ4n) is 1.46. The van der Waals surface area contributed by atoms with Crippen LogP contribution >= 0.6 is 11.7 Å². The van der Waals surface area contributed by atoms with Gasteiger partial charge in [0.15, 0.2) is 5.82 Å². The molecule has 1 N–H and O–H groups in total. The van der Waals surface area contributed by atoms with Crippen LogP contribution in [-0.4, -0.2) is 41.0 Å². The topological polar surface area (TPSA) is 92.3 Å². The average Bonchev–Trinajstić information content (AvgIpc) is 2.92. The van der Waals surface area contributed by atoms with Gasteiger partial charge < -0.3 is 5.32 Å². The molecule has 0 fully saturated rings. The molecule has 2 aromatic rings. The van der Waals surface area contributed by atoms with Crippen LogP contribution in [-0.2, 0) is 14.8 Å². The Kier molecular flexibility index (Phi) is 4.42. The minimum absolute atomic E-state index is 0.144. The van der Waals surface area contributed by atoms with Crippen molar-refractivity contribution in [1.82, 2.24) is 13.1 Å². The summed E-state index contributed by atoms with van der Waals surface area (Å²) in [5.74, 6) is -0.162. The van der Waals surface area contributed by atoms with Crippen LogP contribution < -0.4 is 5.32 Å². The molecule has 0 spiro atoms. The van der Waals surface area contributed by atoms with E-state index in [0.717, 1.165) is 16.0 Å². The SMILES string of the molecule is CN(CC(=O)Nc1cnsn1)S(=O)(=O)c1ccccc1. The maximum Gasteiger partial charge on any atom is 0.243 e. The predicted octanol–water partition coefficient (Wildman–Crippen LogP) is 0.797. The number of hydrogen-bond donors (Lipinski definition) is 1. The zero-order chi connectivity index (χ0) is 14.6. The van der Waals surface area contributed by atoms with Gasteiger partial charge in [-0.25, -0.2) is 8.42 Å². The molecule has 1 aromatic heterocycles. The highest BCUT2D eigenvalue weighted by atomic mass is 32.2. The van der Waals surface area contributed by atoms with E-state index in [0.29, 0.717) is 5.82 Å². The van der Waals surface area contributed by atoms with Gasteiger partial charge in [0.05, 0.1) is 29.4 Å². The van der Waals surface area contributed by atoms with Crippen LogP contribution in [0.15, 0.2) is 41.4 Å². The monoisotopic (exact) mass is 312 g/mol. The number of sulfonamides is 1. The van der Waals surface area contributed by atoms with E-state index in [4.69, 9.17) is 0 Å². The van der Waals surface area contributed by atoms with E-state index in [-0.39, 0.29) is 11.4 Å². The first-order chi connectivity index (χ1) is 9.50. The number of rotatable bonds is 5. The zero-order valence-electron chi connectivity index (χ0n) is 10.6. The number of benzene rings is 1. The molecule has 2 rings (SSSR count). The third-order valence-corrected chi connectivity index (χ3v) is 4.74. The smallest absolute Gasteiger partial charge is 0.243 e. The molecule has 0 unspecified atom stereocenters. The van der Waals surface area contributed by atoms with Crippen LogP contribution in [0.5, 0.6) is 0 Å². The summed E-state index contributed by atoms with van der Waals surface area (Å²) in [6.07, 6.45) is 1.40. The standard InChI is InChI=1S/C11H12N4O3S2/c1-15(8-11(16)13-10-7-12-19-14-10)20(17,18)9-5-3-2-4-6-9/h2-7H,8H2,1H3,(H,13,14,16). The third kappa shape index (κ3) is 3.38. The summed E-state index contributed by atoms with van der Waals surface area (Å²) in [7, 11) is -2.33. The highest BCUT2D eigenvalue weighted by Crippen LogP contribution is 2.13. The molecule has 20 heavy (non-hydrogen) atoms. The largest absolute Gasteiger partial charge is 0.307 e. The second-order valence-electron chi connectivity index (χ2n) is 3.91. The van der Waals surface area contributed by atoms with Gasteiger partial charge in [-0.05, 0) is 12.1 Å². The minimum Gasteiger partial charge on any atom is -0.307 e. The van der Waals surface area contributed by atoms with Gasteiger partial charge in [-0.1, -0.05) is 18.2 Å². The number of likely N-dealkylation sites (N-methyl/N-ethyl adjacent to an activating group) is 1. The fourth-order valence-corrected chi connectivity index (χ4v) is 2.98. The van der Waals surface area contributed by atoms with Crippen LogP contribution in [0.4, 0.5) is 5.82 Å². The maximum atomic E-state index is 12.2. The lowest BCUT2D eigenvalue weighted by atomic mass is 10.4. The molecule has 1 amide bonds. The lowest BCUT2D eigenvalue weighted by Gasteiger charge is -2.16. The van der Waals surface area contributed by atoms with Crippen molar-refractivity contribution in [3.63, 3.8) is 0 Å². The van der Waals surface area contributed by atoms with Crippen LogP contribution in [0.3, 0.4) is 0 Å². The van der Waals surface area contributed by atoms with Crippen molar-refractivity contribution in [2.45, 2.75) is 4.90 Å². The highest BCUT2D eigenvalue weighted by molar-refractivity contribution is 7.89. The minimum atomic E-state index is -3.67. The van der Waals surface area contributed by atoms with Crippen LogP contribution in [0.2, 0.25) is 0 Å². The molecule has 0 saturated heterocycles. The van der Waals surface area contributed by atoms with Crippen molar-refractivity contribution in [1.29, 1.82) is 0 Å². The van der Waals surface area contributed by atoms with Gasteiger partial charge in [-0.15, -0.1) is 0 Å². The van der Waals surface area contributed by atoms with E-state index >= 15 is 0 Å². The van der Waals surface area contributed by atoms with E-state index in [1.54, 1.807) is 18.2 Å². The molecular formula is C11H12N4O3S2. The van der Waals surface area contributed by atoms with Crippen molar-refractivity contribution in [3.05, 3.63) is 36.5 Å². The Morgan fingerprint density at radius 3 is 2.65 bits per heavy atom. The molecule has 0 bridgehead atoms. The number of hydrogen-bond acceptors (Lipinski definition) is 6. The summed E-state index contributed by atoms with van der Waals surface area (Å²) in [5, 5.41) is 2.47.